The van der Waals surface area contributed by atoms with Crippen molar-refractivity contribution in [2.75, 3.05) is 5.32 Å². The molecule has 1 aromatic carbocycles. The molecular formula is C12H8FIN2O. The predicted octanol–water partition coefficient (Wildman–Crippen LogP) is 3.08. The lowest BCUT2D eigenvalue weighted by molar-refractivity contribution is 0.102. The Morgan fingerprint density at radius 2 is 2.00 bits per heavy atom. The van der Waals surface area contributed by atoms with Gasteiger partial charge in [-0.2, -0.15) is 4.39 Å². The summed E-state index contributed by atoms with van der Waals surface area (Å²) in [7, 11) is 0. The summed E-state index contributed by atoms with van der Waals surface area (Å²) in [5.74, 6) is -0.905. The summed E-state index contributed by atoms with van der Waals surface area (Å²) in [6.45, 7) is 0. The van der Waals surface area contributed by atoms with Crippen molar-refractivity contribution in [3.8, 4) is 0 Å². The van der Waals surface area contributed by atoms with Crippen LogP contribution in [0.1, 0.15) is 10.4 Å². The van der Waals surface area contributed by atoms with E-state index < -0.39 is 5.95 Å². The third-order valence-corrected chi connectivity index (χ3v) is 3.05. The smallest absolute Gasteiger partial charge is 0.257 e. The maximum absolute atomic E-state index is 12.6. The van der Waals surface area contributed by atoms with Gasteiger partial charge >= 0.3 is 0 Å². The molecule has 1 N–H and O–H groups in total. The first-order valence-corrected chi connectivity index (χ1v) is 5.92. The highest BCUT2D eigenvalue weighted by molar-refractivity contribution is 14.1. The highest BCUT2D eigenvalue weighted by Gasteiger charge is 2.08. The van der Waals surface area contributed by atoms with Crippen LogP contribution in [-0.2, 0) is 0 Å². The molecule has 2 aromatic rings. The molecule has 0 spiro atoms. The number of halogens is 2. The van der Waals surface area contributed by atoms with E-state index in [4.69, 9.17) is 0 Å². The fourth-order valence-corrected chi connectivity index (χ4v) is 1.79. The number of nitrogens with one attached hydrogen (secondary N) is 1. The Labute approximate surface area is 111 Å². The Morgan fingerprint density at radius 3 is 2.65 bits per heavy atom. The number of amides is 1. The second-order valence-corrected chi connectivity index (χ2v) is 4.47. The number of hydrogen-bond acceptors (Lipinski definition) is 2. The van der Waals surface area contributed by atoms with E-state index in [1.165, 1.54) is 12.3 Å². The van der Waals surface area contributed by atoms with E-state index in [9.17, 15) is 9.18 Å². The van der Waals surface area contributed by atoms with Crippen LogP contribution in [0.3, 0.4) is 0 Å². The van der Waals surface area contributed by atoms with E-state index in [0.717, 1.165) is 15.3 Å². The highest BCUT2D eigenvalue weighted by atomic mass is 127. The van der Waals surface area contributed by atoms with E-state index in [1.54, 1.807) is 6.07 Å². The Hall–Kier alpha value is -1.50. The van der Waals surface area contributed by atoms with Gasteiger partial charge in [0.2, 0.25) is 5.95 Å². The summed E-state index contributed by atoms with van der Waals surface area (Å²) in [5, 5.41) is 2.74. The van der Waals surface area contributed by atoms with Crippen LogP contribution >= 0.6 is 22.6 Å². The van der Waals surface area contributed by atoms with Crippen LogP contribution in [0.5, 0.6) is 0 Å². The molecule has 0 aliphatic rings. The Morgan fingerprint density at radius 1 is 1.24 bits per heavy atom. The summed E-state index contributed by atoms with van der Waals surface area (Å²) in [4.78, 5) is 15.2. The van der Waals surface area contributed by atoms with Crippen LogP contribution < -0.4 is 5.32 Å². The highest BCUT2D eigenvalue weighted by Crippen LogP contribution is 2.17. The van der Waals surface area contributed by atoms with E-state index in [0.29, 0.717) is 5.56 Å². The summed E-state index contributed by atoms with van der Waals surface area (Å²) in [6, 6.07) is 9.96. The summed E-state index contributed by atoms with van der Waals surface area (Å²) in [6.07, 6.45) is 1.21. The van der Waals surface area contributed by atoms with Gasteiger partial charge in [-0.05, 0) is 46.9 Å². The van der Waals surface area contributed by atoms with E-state index in [1.807, 2.05) is 18.2 Å². The number of carbonyl (C=O) groups excluding carboxylic acids is 1. The SMILES string of the molecule is O=C(Nc1ccccc1I)c1ccc(F)nc1. The van der Waals surface area contributed by atoms with Gasteiger partial charge in [0.1, 0.15) is 0 Å². The molecule has 0 unspecified atom stereocenters. The van der Waals surface area contributed by atoms with E-state index in [2.05, 4.69) is 32.9 Å². The number of benzene rings is 1. The Kier molecular flexibility index (Phi) is 3.68. The lowest BCUT2D eigenvalue weighted by Crippen LogP contribution is -2.13. The normalized spacial score (nSPS) is 10.0. The maximum atomic E-state index is 12.6. The van der Waals surface area contributed by atoms with Gasteiger partial charge < -0.3 is 5.32 Å². The first-order valence-electron chi connectivity index (χ1n) is 4.84. The minimum absolute atomic E-state index is 0.304. The van der Waals surface area contributed by atoms with Gasteiger partial charge in [0, 0.05) is 9.77 Å². The first-order chi connectivity index (χ1) is 8.16. The maximum Gasteiger partial charge on any atom is 0.257 e. The zero-order valence-corrected chi connectivity index (χ0v) is 10.8. The van der Waals surface area contributed by atoms with E-state index in [-0.39, 0.29) is 5.91 Å². The molecule has 0 fully saturated rings. The largest absolute Gasteiger partial charge is 0.321 e. The molecule has 0 saturated heterocycles. The van der Waals surface area contributed by atoms with Gasteiger partial charge in [0.15, 0.2) is 0 Å². The quantitative estimate of drug-likeness (QED) is 0.673. The third-order valence-electron chi connectivity index (χ3n) is 2.11. The standard InChI is InChI=1S/C12H8FIN2O/c13-11-6-5-8(7-15-11)12(17)16-10-4-2-1-3-9(10)14/h1-7H,(H,16,17). The first kappa shape index (κ1) is 12.0. The number of rotatable bonds is 2. The predicted molar refractivity (Wildman–Crippen MR) is 71.3 cm³/mol. The number of nitrogens with zero attached hydrogens (tertiary/aromatic N) is 1. The van der Waals surface area contributed by atoms with Crippen molar-refractivity contribution in [2.24, 2.45) is 0 Å². The molecule has 5 heteroatoms. The van der Waals surface area contributed by atoms with Crippen LogP contribution in [0.25, 0.3) is 0 Å². The number of para-hydroxylation sites is 1. The van der Waals surface area contributed by atoms with Gasteiger partial charge in [-0.1, -0.05) is 12.1 Å². The van der Waals surface area contributed by atoms with Crippen LogP contribution in [-0.4, -0.2) is 10.9 Å². The number of hydrogen-bond donors (Lipinski definition) is 1. The lowest BCUT2D eigenvalue weighted by Gasteiger charge is -2.06. The van der Waals surface area contributed by atoms with E-state index >= 15 is 0 Å². The lowest BCUT2D eigenvalue weighted by atomic mass is 10.2. The van der Waals surface area contributed by atoms with Gasteiger partial charge in [0.25, 0.3) is 5.91 Å². The molecule has 0 bridgehead atoms. The van der Waals surface area contributed by atoms with Crippen LogP contribution in [0.2, 0.25) is 0 Å². The minimum Gasteiger partial charge on any atom is -0.321 e. The second kappa shape index (κ2) is 5.22. The van der Waals surface area contributed by atoms with Gasteiger partial charge in [0.05, 0.1) is 11.3 Å². The van der Waals surface area contributed by atoms with Gasteiger partial charge in [-0.15, -0.1) is 0 Å². The molecule has 0 radical (unpaired) electrons. The number of carbonyl (C=O) groups is 1. The molecule has 17 heavy (non-hydrogen) atoms. The fourth-order valence-electron chi connectivity index (χ4n) is 1.27. The number of aromatic nitrogens is 1. The molecule has 1 aromatic heterocycles. The number of anilines is 1. The zero-order chi connectivity index (χ0) is 12.3. The molecule has 1 amide bonds. The topological polar surface area (TPSA) is 42.0 Å². The Balaban J connectivity index is 2.17. The summed E-state index contributed by atoms with van der Waals surface area (Å²) >= 11 is 2.13. The van der Waals surface area contributed by atoms with Crippen molar-refractivity contribution >= 4 is 34.2 Å². The third kappa shape index (κ3) is 3.00. The Bertz CT molecular complexity index is 542. The molecule has 2 rings (SSSR count). The monoisotopic (exact) mass is 342 g/mol. The van der Waals surface area contributed by atoms with Crippen molar-refractivity contribution in [1.82, 2.24) is 4.98 Å². The van der Waals surface area contributed by atoms with Crippen molar-refractivity contribution in [3.05, 3.63) is 57.7 Å². The molecule has 0 aliphatic heterocycles. The number of pyridine rings is 1. The van der Waals surface area contributed by atoms with Crippen molar-refractivity contribution in [2.45, 2.75) is 0 Å². The second-order valence-electron chi connectivity index (χ2n) is 3.30. The van der Waals surface area contributed by atoms with Crippen LogP contribution in [0.4, 0.5) is 10.1 Å². The summed E-state index contributed by atoms with van der Waals surface area (Å²) < 4.78 is 13.5. The van der Waals surface area contributed by atoms with Crippen molar-refractivity contribution in [3.63, 3.8) is 0 Å². The van der Waals surface area contributed by atoms with Crippen molar-refractivity contribution in [1.29, 1.82) is 0 Å². The summed E-state index contributed by atoms with van der Waals surface area (Å²) in [5.41, 5.74) is 1.05. The molecule has 3 nitrogen and oxygen atoms in total. The van der Waals surface area contributed by atoms with Crippen LogP contribution in [0, 0.1) is 9.52 Å². The van der Waals surface area contributed by atoms with Gasteiger partial charge in [-0.3, -0.25) is 4.79 Å². The average Bonchev–Trinajstić information content (AvgIpc) is 2.33. The molecule has 0 saturated carbocycles. The molecule has 0 atom stereocenters. The van der Waals surface area contributed by atoms with Crippen molar-refractivity contribution < 1.29 is 9.18 Å². The molecule has 0 aliphatic carbocycles. The molecule has 1 heterocycles. The average molecular weight is 342 g/mol. The zero-order valence-electron chi connectivity index (χ0n) is 8.65. The molecular weight excluding hydrogens is 334 g/mol. The van der Waals surface area contributed by atoms with Gasteiger partial charge in [-0.25, -0.2) is 4.98 Å². The fraction of sp³-hybridized carbons (Fsp3) is 0. The van der Waals surface area contributed by atoms with Crippen LogP contribution in [0.15, 0.2) is 42.6 Å². The molecule has 86 valence electrons. The minimum atomic E-state index is -0.601.